The van der Waals surface area contributed by atoms with E-state index in [4.69, 9.17) is 28.9 Å². The van der Waals surface area contributed by atoms with Gasteiger partial charge in [0.25, 0.3) is 0 Å². The lowest BCUT2D eigenvalue weighted by Gasteiger charge is -2.05. The van der Waals surface area contributed by atoms with E-state index >= 15 is 0 Å². The smallest absolute Gasteiger partial charge is 0.339 e. The molecule has 0 saturated carbocycles. The summed E-state index contributed by atoms with van der Waals surface area (Å²) in [7, 11) is 0. The Balaban J connectivity index is 2.70. The molecule has 94 valence electrons. The fraction of sp³-hybridized carbons (Fsp3) is 0.0833. The van der Waals surface area contributed by atoms with Crippen molar-refractivity contribution in [1.82, 2.24) is 0 Å². The topological polar surface area (TPSA) is 63.3 Å². The highest BCUT2D eigenvalue weighted by Gasteiger charge is 2.21. The number of aryl methyl sites for hydroxylation is 1. The molecule has 0 aliphatic rings. The molecule has 1 aromatic carbocycles. The Morgan fingerprint density at radius 3 is 2.56 bits per heavy atom. The summed E-state index contributed by atoms with van der Waals surface area (Å²) in [5, 5.41) is 10.3. The third kappa shape index (κ3) is 2.19. The number of carboxylic acid groups (broad SMARTS) is 1. The summed E-state index contributed by atoms with van der Waals surface area (Å²) < 4.78 is 0. The van der Waals surface area contributed by atoms with Crippen molar-refractivity contribution in [3.05, 3.63) is 38.7 Å². The third-order valence-electron chi connectivity index (χ3n) is 2.53. The van der Waals surface area contributed by atoms with Gasteiger partial charge in [0, 0.05) is 10.4 Å². The number of carboxylic acids is 1. The van der Waals surface area contributed by atoms with Gasteiger partial charge in [-0.1, -0.05) is 29.3 Å². The Morgan fingerprint density at radius 2 is 2.00 bits per heavy atom. The van der Waals surface area contributed by atoms with Crippen molar-refractivity contribution in [2.75, 3.05) is 5.73 Å². The number of hydrogen-bond acceptors (Lipinski definition) is 3. The molecule has 0 aliphatic heterocycles. The summed E-state index contributed by atoms with van der Waals surface area (Å²) in [6.45, 7) is 1.82. The summed E-state index contributed by atoms with van der Waals surface area (Å²) in [5.74, 6) is -1.04. The number of aromatic carboxylic acids is 1. The number of rotatable bonds is 2. The van der Waals surface area contributed by atoms with Crippen LogP contribution in [0.4, 0.5) is 5.00 Å². The molecule has 3 N–H and O–H groups in total. The van der Waals surface area contributed by atoms with Crippen LogP contribution in [0.1, 0.15) is 15.2 Å². The van der Waals surface area contributed by atoms with Crippen LogP contribution >= 0.6 is 34.5 Å². The van der Waals surface area contributed by atoms with E-state index in [1.165, 1.54) is 11.3 Å². The van der Waals surface area contributed by atoms with E-state index in [0.717, 1.165) is 4.88 Å². The van der Waals surface area contributed by atoms with E-state index in [2.05, 4.69) is 0 Å². The van der Waals surface area contributed by atoms with Crippen LogP contribution in [0.2, 0.25) is 10.0 Å². The average Bonchev–Trinajstić information content (AvgIpc) is 2.57. The molecule has 1 aromatic heterocycles. The molecule has 0 amide bonds. The first-order chi connectivity index (χ1) is 8.41. The summed E-state index contributed by atoms with van der Waals surface area (Å²) in [5.41, 5.74) is 7.15. The highest BCUT2D eigenvalue weighted by molar-refractivity contribution is 7.16. The molecule has 0 saturated heterocycles. The maximum atomic E-state index is 11.2. The van der Waals surface area contributed by atoms with Gasteiger partial charge in [-0.05, 0) is 24.6 Å². The number of nitrogen functional groups attached to an aromatic ring is 1. The van der Waals surface area contributed by atoms with Gasteiger partial charge in [-0.2, -0.15) is 0 Å². The van der Waals surface area contributed by atoms with Gasteiger partial charge in [0.2, 0.25) is 0 Å². The van der Waals surface area contributed by atoms with Crippen molar-refractivity contribution < 1.29 is 9.90 Å². The maximum absolute atomic E-state index is 11.2. The van der Waals surface area contributed by atoms with Crippen molar-refractivity contribution in [3.63, 3.8) is 0 Å². The second-order valence-corrected chi connectivity index (χ2v) is 5.78. The zero-order chi connectivity index (χ0) is 13.4. The number of nitrogens with two attached hydrogens (primary N) is 1. The molecule has 1 heterocycles. The maximum Gasteiger partial charge on any atom is 0.339 e. The van der Waals surface area contributed by atoms with E-state index in [1.54, 1.807) is 18.2 Å². The molecule has 2 aromatic rings. The Hall–Kier alpha value is -1.23. The number of hydrogen-bond donors (Lipinski definition) is 2. The standard InChI is InChI=1S/C12H9Cl2NO2S/c1-5-9(10(12(16)17)11(15)18-5)6-2-3-7(13)8(14)4-6/h2-4H,15H2,1H3,(H,16,17). The molecule has 0 spiro atoms. The minimum Gasteiger partial charge on any atom is -0.478 e. The van der Waals surface area contributed by atoms with E-state index in [-0.39, 0.29) is 5.56 Å². The molecular weight excluding hydrogens is 293 g/mol. The second kappa shape index (κ2) is 4.80. The highest BCUT2D eigenvalue weighted by Crippen LogP contribution is 2.39. The van der Waals surface area contributed by atoms with Gasteiger partial charge >= 0.3 is 5.97 Å². The van der Waals surface area contributed by atoms with Gasteiger partial charge in [-0.3, -0.25) is 0 Å². The number of carbonyl (C=O) groups is 1. The highest BCUT2D eigenvalue weighted by atomic mass is 35.5. The van der Waals surface area contributed by atoms with Gasteiger partial charge in [0.1, 0.15) is 10.6 Å². The molecule has 6 heteroatoms. The third-order valence-corrected chi connectivity index (χ3v) is 4.21. The number of benzene rings is 1. The van der Waals surface area contributed by atoms with Gasteiger partial charge in [-0.15, -0.1) is 11.3 Å². The summed E-state index contributed by atoms with van der Waals surface area (Å²) in [4.78, 5) is 12.1. The van der Waals surface area contributed by atoms with Crippen molar-refractivity contribution in [2.45, 2.75) is 6.92 Å². The van der Waals surface area contributed by atoms with E-state index < -0.39 is 5.97 Å². The molecule has 0 unspecified atom stereocenters. The van der Waals surface area contributed by atoms with Crippen LogP contribution in [-0.2, 0) is 0 Å². The lowest BCUT2D eigenvalue weighted by Crippen LogP contribution is -2.00. The SMILES string of the molecule is Cc1sc(N)c(C(=O)O)c1-c1ccc(Cl)c(Cl)c1. The molecule has 0 aliphatic carbocycles. The zero-order valence-electron chi connectivity index (χ0n) is 9.33. The Morgan fingerprint density at radius 1 is 1.33 bits per heavy atom. The van der Waals surface area contributed by atoms with E-state index in [9.17, 15) is 9.90 Å². The van der Waals surface area contributed by atoms with Crippen LogP contribution in [0.3, 0.4) is 0 Å². The van der Waals surface area contributed by atoms with Crippen molar-refractivity contribution >= 4 is 45.5 Å². The molecule has 0 atom stereocenters. The number of anilines is 1. The van der Waals surface area contributed by atoms with Gasteiger partial charge in [0.15, 0.2) is 0 Å². The zero-order valence-corrected chi connectivity index (χ0v) is 11.7. The minimum absolute atomic E-state index is 0.121. The Bertz CT molecular complexity index is 637. The first-order valence-corrected chi connectivity index (χ1v) is 6.56. The average molecular weight is 302 g/mol. The molecule has 0 fully saturated rings. The monoisotopic (exact) mass is 301 g/mol. The fourth-order valence-electron chi connectivity index (χ4n) is 1.78. The minimum atomic E-state index is -1.04. The largest absolute Gasteiger partial charge is 0.478 e. The molecule has 3 nitrogen and oxygen atoms in total. The van der Waals surface area contributed by atoms with Crippen LogP contribution < -0.4 is 5.73 Å². The van der Waals surface area contributed by atoms with E-state index in [1.807, 2.05) is 6.92 Å². The number of thiophene rings is 1. The van der Waals surface area contributed by atoms with E-state index in [0.29, 0.717) is 26.2 Å². The number of halogens is 2. The van der Waals surface area contributed by atoms with Gasteiger partial charge in [-0.25, -0.2) is 4.79 Å². The lowest BCUT2D eigenvalue weighted by atomic mass is 10.0. The van der Waals surface area contributed by atoms with Gasteiger partial charge in [0.05, 0.1) is 10.0 Å². The second-order valence-electron chi connectivity index (χ2n) is 3.71. The van der Waals surface area contributed by atoms with Crippen molar-refractivity contribution in [3.8, 4) is 11.1 Å². The van der Waals surface area contributed by atoms with Crippen molar-refractivity contribution in [1.29, 1.82) is 0 Å². The molecule has 18 heavy (non-hydrogen) atoms. The predicted molar refractivity (Wildman–Crippen MR) is 75.9 cm³/mol. The molecule has 2 rings (SSSR count). The molecule has 0 radical (unpaired) electrons. The quantitative estimate of drug-likeness (QED) is 0.868. The lowest BCUT2D eigenvalue weighted by molar-refractivity contribution is 0.0699. The van der Waals surface area contributed by atoms with Crippen LogP contribution in [-0.4, -0.2) is 11.1 Å². The van der Waals surface area contributed by atoms with Crippen LogP contribution in [0, 0.1) is 6.92 Å². The Kier molecular flexibility index (Phi) is 3.52. The summed E-state index contributed by atoms with van der Waals surface area (Å²) >= 11 is 13.0. The van der Waals surface area contributed by atoms with Crippen molar-refractivity contribution in [2.24, 2.45) is 0 Å². The summed E-state index contributed by atoms with van der Waals surface area (Å²) in [6, 6.07) is 5.01. The van der Waals surface area contributed by atoms with Crippen LogP contribution in [0.15, 0.2) is 18.2 Å². The predicted octanol–water partition coefficient (Wildman–Crippen LogP) is 4.31. The fourth-order valence-corrected chi connectivity index (χ4v) is 3.02. The molecular formula is C12H9Cl2NO2S. The summed E-state index contributed by atoms with van der Waals surface area (Å²) in [6.07, 6.45) is 0. The van der Waals surface area contributed by atoms with Gasteiger partial charge < -0.3 is 10.8 Å². The normalized spacial score (nSPS) is 10.6. The molecule has 0 bridgehead atoms. The van der Waals surface area contributed by atoms with Crippen LogP contribution in [0.25, 0.3) is 11.1 Å². The van der Waals surface area contributed by atoms with Crippen LogP contribution in [0.5, 0.6) is 0 Å². The first kappa shape index (κ1) is 13.2. The first-order valence-electron chi connectivity index (χ1n) is 4.99. The Labute approximate surface area is 118 Å².